The maximum atomic E-state index is 11.9. The monoisotopic (exact) mass is 223 g/mol. The van der Waals surface area contributed by atoms with Crippen LogP contribution in [-0.2, 0) is 0 Å². The normalized spacial score (nSPS) is 10.1. The first kappa shape index (κ1) is 12.4. The Balaban J connectivity index is 2.84. The molecule has 1 aromatic carbocycles. The molecule has 1 aromatic rings. The van der Waals surface area contributed by atoms with Crippen LogP contribution in [0.25, 0.3) is 0 Å². The molecule has 0 aliphatic heterocycles. The summed E-state index contributed by atoms with van der Waals surface area (Å²) in [7, 11) is 1.68. The molecule has 0 aromatic heterocycles. The number of para-hydroxylation sites is 1. The molecule has 0 atom stereocenters. The zero-order chi connectivity index (χ0) is 12.1. The minimum Gasteiger partial charge on any atom is -0.504 e. The zero-order valence-electron chi connectivity index (χ0n) is 9.60. The molecule has 4 nitrogen and oxygen atoms in total. The smallest absolute Gasteiger partial charge is 0.257 e. The highest BCUT2D eigenvalue weighted by Crippen LogP contribution is 2.28. The van der Waals surface area contributed by atoms with Gasteiger partial charge in [0.15, 0.2) is 11.5 Å². The fourth-order valence-electron chi connectivity index (χ4n) is 1.41. The van der Waals surface area contributed by atoms with E-state index in [1.807, 2.05) is 6.92 Å². The number of rotatable bonds is 4. The summed E-state index contributed by atoms with van der Waals surface area (Å²) in [5, 5.41) is 18.8. The first-order valence-electron chi connectivity index (χ1n) is 5.34. The van der Waals surface area contributed by atoms with Crippen LogP contribution < -0.4 is 0 Å². The minimum absolute atomic E-state index is 0.138. The van der Waals surface area contributed by atoms with E-state index in [9.17, 15) is 15.0 Å². The van der Waals surface area contributed by atoms with Gasteiger partial charge in [-0.25, -0.2) is 0 Å². The number of aromatic hydroxyl groups is 2. The second-order valence-corrected chi connectivity index (χ2v) is 3.75. The largest absolute Gasteiger partial charge is 0.504 e. The number of unbranched alkanes of at least 4 members (excludes halogenated alkanes) is 1. The Morgan fingerprint density at radius 1 is 1.38 bits per heavy atom. The Hall–Kier alpha value is -1.71. The SMILES string of the molecule is CCCCN(C)C(=O)c1cccc(O)c1O. The molecule has 0 saturated heterocycles. The van der Waals surface area contributed by atoms with Crippen molar-refractivity contribution in [1.29, 1.82) is 0 Å². The van der Waals surface area contributed by atoms with Gasteiger partial charge in [-0.1, -0.05) is 19.4 Å². The third-order valence-corrected chi connectivity index (χ3v) is 2.44. The highest BCUT2D eigenvalue weighted by molar-refractivity contribution is 5.97. The van der Waals surface area contributed by atoms with E-state index >= 15 is 0 Å². The Morgan fingerprint density at radius 3 is 2.69 bits per heavy atom. The number of nitrogens with zero attached hydrogens (tertiary/aromatic N) is 1. The Kier molecular flexibility index (Phi) is 4.17. The van der Waals surface area contributed by atoms with Crippen LogP contribution in [0.15, 0.2) is 18.2 Å². The molecule has 0 aliphatic carbocycles. The van der Waals surface area contributed by atoms with Crippen molar-refractivity contribution in [3.63, 3.8) is 0 Å². The molecule has 1 rings (SSSR count). The number of phenolic OH excluding ortho intramolecular Hbond substituents is 2. The predicted octanol–water partition coefficient (Wildman–Crippen LogP) is 1.97. The molecule has 0 unspecified atom stereocenters. The summed E-state index contributed by atoms with van der Waals surface area (Å²) in [5.41, 5.74) is 0.138. The van der Waals surface area contributed by atoms with Crippen LogP contribution in [-0.4, -0.2) is 34.6 Å². The molecule has 0 heterocycles. The summed E-state index contributed by atoms with van der Waals surface area (Å²) in [5.74, 6) is -0.896. The van der Waals surface area contributed by atoms with Crippen LogP contribution in [0.4, 0.5) is 0 Å². The molecule has 0 radical (unpaired) electrons. The lowest BCUT2D eigenvalue weighted by Crippen LogP contribution is -2.27. The minimum atomic E-state index is -0.351. The second-order valence-electron chi connectivity index (χ2n) is 3.75. The van der Waals surface area contributed by atoms with E-state index in [0.29, 0.717) is 6.54 Å². The third kappa shape index (κ3) is 2.66. The van der Waals surface area contributed by atoms with Crippen LogP contribution in [0.3, 0.4) is 0 Å². The molecule has 0 aliphatic rings. The molecular formula is C12H17NO3. The summed E-state index contributed by atoms with van der Waals surface area (Å²) in [6.07, 6.45) is 1.92. The lowest BCUT2D eigenvalue weighted by Gasteiger charge is -2.17. The van der Waals surface area contributed by atoms with Gasteiger partial charge < -0.3 is 15.1 Å². The summed E-state index contributed by atoms with van der Waals surface area (Å²) in [6, 6.07) is 4.38. The van der Waals surface area contributed by atoms with E-state index in [1.54, 1.807) is 7.05 Å². The van der Waals surface area contributed by atoms with Gasteiger partial charge in [0.2, 0.25) is 0 Å². The lowest BCUT2D eigenvalue weighted by molar-refractivity contribution is 0.0789. The maximum absolute atomic E-state index is 11.9. The van der Waals surface area contributed by atoms with Gasteiger partial charge in [0.05, 0.1) is 5.56 Å². The van der Waals surface area contributed by atoms with Crippen molar-refractivity contribution in [1.82, 2.24) is 4.90 Å². The molecule has 88 valence electrons. The quantitative estimate of drug-likeness (QED) is 0.767. The molecule has 0 saturated carbocycles. The highest BCUT2D eigenvalue weighted by Gasteiger charge is 2.17. The number of carbonyl (C=O) groups excluding carboxylic acids is 1. The van der Waals surface area contributed by atoms with Crippen molar-refractivity contribution in [2.75, 3.05) is 13.6 Å². The van der Waals surface area contributed by atoms with Crippen LogP contribution in [0.2, 0.25) is 0 Å². The van der Waals surface area contributed by atoms with Crippen molar-refractivity contribution >= 4 is 5.91 Å². The van der Waals surface area contributed by atoms with Gasteiger partial charge in [0.25, 0.3) is 5.91 Å². The van der Waals surface area contributed by atoms with Gasteiger partial charge in [0, 0.05) is 13.6 Å². The fraction of sp³-hybridized carbons (Fsp3) is 0.417. The molecule has 1 amide bonds. The number of hydrogen-bond donors (Lipinski definition) is 2. The van der Waals surface area contributed by atoms with Gasteiger partial charge in [-0.2, -0.15) is 0 Å². The van der Waals surface area contributed by atoms with Crippen molar-refractivity contribution in [3.8, 4) is 11.5 Å². The number of carbonyl (C=O) groups is 1. The standard InChI is InChI=1S/C12H17NO3/c1-3-4-8-13(2)12(16)9-6-5-7-10(14)11(9)15/h5-7,14-15H,3-4,8H2,1-2H3. The van der Waals surface area contributed by atoms with Gasteiger partial charge in [0.1, 0.15) is 0 Å². The molecule has 0 fully saturated rings. The van der Waals surface area contributed by atoms with E-state index < -0.39 is 0 Å². The average Bonchev–Trinajstić information content (AvgIpc) is 2.28. The van der Waals surface area contributed by atoms with E-state index in [-0.39, 0.29) is 23.0 Å². The Bertz CT molecular complexity index is 377. The fourth-order valence-corrected chi connectivity index (χ4v) is 1.41. The summed E-state index contributed by atoms with van der Waals surface area (Å²) >= 11 is 0. The van der Waals surface area contributed by atoms with E-state index in [0.717, 1.165) is 12.8 Å². The third-order valence-electron chi connectivity index (χ3n) is 2.44. The number of phenols is 2. The molecule has 0 spiro atoms. The molecule has 16 heavy (non-hydrogen) atoms. The average molecular weight is 223 g/mol. The van der Waals surface area contributed by atoms with Gasteiger partial charge in [-0.15, -0.1) is 0 Å². The van der Waals surface area contributed by atoms with Crippen molar-refractivity contribution in [2.24, 2.45) is 0 Å². The van der Waals surface area contributed by atoms with Crippen LogP contribution in [0, 0.1) is 0 Å². The topological polar surface area (TPSA) is 60.8 Å². The van der Waals surface area contributed by atoms with Gasteiger partial charge in [-0.05, 0) is 18.6 Å². The zero-order valence-corrected chi connectivity index (χ0v) is 9.60. The van der Waals surface area contributed by atoms with Crippen molar-refractivity contribution in [2.45, 2.75) is 19.8 Å². The van der Waals surface area contributed by atoms with Crippen LogP contribution in [0.5, 0.6) is 11.5 Å². The van der Waals surface area contributed by atoms with Crippen molar-refractivity contribution < 1.29 is 15.0 Å². The van der Waals surface area contributed by atoms with E-state index in [1.165, 1.54) is 23.1 Å². The van der Waals surface area contributed by atoms with Crippen molar-refractivity contribution in [3.05, 3.63) is 23.8 Å². The van der Waals surface area contributed by atoms with Gasteiger partial charge in [-0.3, -0.25) is 4.79 Å². The first-order valence-corrected chi connectivity index (χ1v) is 5.34. The van der Waals surface area contributed by atoms with E-state index in [4.69, 9.17) is 0 Å². The lowest BCUT2D eigenvalue weighted by atomic mass is 10.1. The van der Waals surface area contributed by atoms with Crippen LogP contribution >= 0.6 is 0 Å². The highest BCUT2D eigenvalue weighted by atomic mass is 16.3. The molecule has 0 bridgehead atoms. The Morgan fingerprint density at radius 2 is 2.06 bits per heavy atom. The summed E-state index contributed by atoms with van der Waals surface area (Å²) < 4.78 is 0. The second kappa shape index (κ2) is 5.39. The number of hydrogen-bond acceptors (Lipinski definition) is 3. The van der Waals surface area contributed by atoms with E-state index in [2.05, 4.69) is 0 Å². The molecule has 4 heteroatoms. The maximum Gasteiger partial charge on any atom is 0.257 e. The number of amides is 1. The summed E-state index contributed by atoms with van der Waals surface area (Å²) in [4.78, 5) is 13.4. The first-order chi connectivity index (χ1) is 7.57. The predicted molar refractivity (Wildman–Crippen MR) is 61.6 cm³/mol. The summed E-state index contributed by atoms with van der Waals surface area (Å²) in [6.45, 7) is 2.69. The molecule has 2 N–H and O–H groups in total. The van der Waals surface area contributed by atoms with Gasteiger partial charge >= 0.3 is 0 Å². The Labute approximate surface area is 95.1 Å². The molecular weight excluding hydrogens is 206 g/mol. The number of benzene rings is 1. The van der Waals surface area contributed by atoms with Crippen LogP contribution in [0.1, 0.15) is 30.1 Å².